The minimum Gasteiger partial charge on any atom is -0.504 e. The molecule has 2 fully saturated rings. The summed E-state index contributed by atoms with van der Waals surface area (Å²) in [7, 11) is 0. The molecule has 182 valence electrons. The number of benzene rings is 2. The van der Waals surface area contributed by atoms with Crippen LogP contribution in [0.2, 0.25) is 0 Å². The Kier molecular flexibility index (Phi) is 7.32. The first-order valence-corrected chi connectivity index (χ1v) is 12.6. The molecule has 3 atom stereocenters. The topological polar surface area (TPSA) is 70.0 Å². The molecule has 5 nitrogen and oxygen atoms in total. The van der Waals surface area contributed by atoms with Crippen molar-refractivity contribution in [1.29, 1.82) is 0 Å². The molecular weight excluding hydrogens is 426 g/mol. The standard InChI is InChI=1S/C29H37NO4/c1-4-34-26-19-23(13-14-25(26)31)28-24-7-5-6-16-29(24,33)17-18-30(28)27(32)15-10-21-8-11-22(12-9-21)20(2)3/h8-15,19-20,24,28,31,33H,4-7,16-18H2,1-3H3/b15-10+/t24-,28-,29+/m1/s1. The van der Waals surface area contributed by atoms with E-state index in [9.17, 15) is 15.0 Å². The van der Waals surface area contributed by atoms with Crippen molar-refractivity contribution in [3.05, 3.63) is 65.2 Å². The third kappa shape index (κ3) is 5.00. The Hall–Kier alpha value is -2.79. The molecule has 1 aliphatic carbocycles. The van der Waals surface area contributed by atoms with Crippen molar-refractivity contribution in [2.24, 2.45) is 5.92 Å². The number of ether oxygens (including phenoxy) is 1. The second kappa shape index (κ2) is 10.2. The average molecular weight is 464 g/mol. The van der Waals surface area contributed by atoms with Gasteiger partial charge in [0.2, 0.25) is 5.91 Å². The molecule has 0 radical (unpaired) electrons. The summed E-state index contributed by atoms with van der Waals surface area (Å²) in [6.45, 7) is 7.14. The van der Waals surface area contributed by atoms with Crippen molar-refractivity contribution in [3.63, 3.8) is 0 Å². The number of rotatable bonds is 6. The summed E-state index contributed by atoms with van der Waals surface area (Å²) in [5.41, 5.74) is 2.39. The van der Waals surface area contributed by atoms with Crippen molar-refractivity contribution < 1.29 is 19.7 Å². The predicted octanol–water partition coefficient (Wildman–Crippen LogP) is 5.82. The molecule has 1 saturated heterocycles. The van der Waals surface area contributed by atoms with E-state index in [0.717, 1.165) is 36.8 Å². The maximum atomic E-state index is 13.5. The van der Waals surface area contributed by atoms with Crippen LogP contribution in [-0.2, 0) is 4.79 Å². The smallest absolute Gasteiger partial charge is 0.247 e. The molecule has 2 aromatic rings. The lowest BCUT2D eigenvalue weighted by atomic mass is 9.66. The first-order chi connectivity index (χ1) is 16.3. The van der Waals surface area contributed by atoms with Crippen molar-refractivity contribution in [1.82, 2.24) is 4.90 Å². The summed E-state index contributed by atoms with van der Waals surface area (Å²) in [5.74, 6) is 0.865. The number of aromatic hydroxyl groups is 1. The van der Waals surface area contributed by atoms with Crippen LogP contribution in [0.25, 0.3) is 6.08 Å². The van der Waals surface area contributed by atoms with E-state index in [0.29, 0.717) is 31.2 Å². The van der Waals surface area contributed by atoms with E-state index >= 15 is 0 Å². The molecule has 34 heavy (non-hydrogen) atoms. The van der Waals surface area contributed by atoms with E-state index in [1.54, 1.807) is 12.1 Å². The van der Waals surface area contributed by atoms with Crippen LogP contribution >= 0.6 is 0 Å². The zero-order chi connectivity index (χ0) is 24.3. The maximum Gasteiger partial charge on any atom is 0.247 e. The Morgan fingerprint density at radius 1 is 1.18 bits per heavy atom. The Morgan fingerprint density at radius 3 is 2.65 bits per heavy atom. The van der Waals surface area contributed by atoms with E-state index in [4.69, 9.17) is 4.74 Å². The number of phenols is 1. The molecule has 0 bridgehead atoms. The fourth-order valence-electron chi connectivity index (χ4n) is 5.58. The first kappa shape index (κ1) is 24.3. The van der Waals surface area contributed by atoms with E-state index in [1.807, 2.05) is 42.2 Å². The van der Waals surface area contributed by atoms with E-state index < -0.39 is 5.60 Å². The van der Waals surface area contributed by atoms with Gasteiger partial charge in [-0.3, -0.25) is 4.79 Å². The summed E-state index contributed by atoms with van der Waals surface area (Å²) in [5, 5.41) is 21.7. The normalized spacial score (nSPS) is 24.9. The molecule has 2 aliphatic rings. The van der Waals surface area contributed by atoms with Crippen molar-refractivity contribution >= 4 is 12.0 Å². The van der Waals surface area contributed by atoms with Gasteiger partial charge >= 0.3 is 0 Å². The third-order valence-electron chi connectivity index (χ3n) is 7.50. The van der Waals surface area contributed by atoms with Gasteiger partial charge in [-0.25, -0.2) is 0 Å². The van der Waals surface area contributed by atoms with Gasteiger partial charge in [-0.2, -0.15) is 0 Å². The van der Waals surface area contributed by atoms with Crippen molar-refractivity contribution in [3.8, 4) is 11.5 Å². The molecule has 4 rings (SSSR count). The highest BCUT2D eigenvalue weighted by Crippen LogP contribution is 2.50. The Morgan fingerprint density at radius 2 is 1.94 bits per heavy atom. The molecule has 0 spiro atoms. The van der Waals surface area contributed by atoms with Gasteiger partial charge in [0.05, 0.1) is 18.2 Å². The van der Waals surface area contributed by atoms with Crippen molar-refractivity contribution in [2.75, 3.05) is 13.2 Å². The van der Waals surface area contributed by atoms with Crippen LogP contribution in [0, 0.1) is 5.92 Å². The molecule has 1 heterocycles. The zero-order valence-electron chi connectivity index (χ0n) is 20.5. The highest BCUT2D eigenvalue weighted by Gasteiger charge is 2.50. The second-order valence-electron chi connectivity index (χ2n) is 10.00. The highest BCUT2D eigenvalue weighted by atomic mass is 16.5. The molecule has 0 aromatic heterocycles. The highest BCUT2D eigenvalue weighted by molar-refractivity contribution is 5.92. The van der Waals surface area contributed by atoms with E-state index in [2.05, 4.69) is 26.0 Å². The SMILES string of the molecule is CCOc1cc([C@@H]2[C@H]3CCCC[C@]3(O)CCN2C(=O)/C=C/c2ccc(C(C)C)cc2)ccc1O. The number of hydrogen-bond donors (Lipinski definition) is 2. The summed E-state index contributed by atoms with van der Waals surface area (Å²) in [4.78, 5) is 15.4. The number of carbonyl (C=O) groups is 1. The van der Waals surface area contributed by atoms with Crippen molar-refractivity contribution in [2.45, 2.75) is 70.4 Å². The minimum atomic E-state index is -0.764. The summed E-state index contributed by atoms with van der Waals surface area (Å²) < 4.78 is 5.63. The summed E-state index contributed by atoms with van der Waals surface area (Å²) >= 11 is 0. The minimum absolute atomic E-state index is 0.0447. The van der Waals surface area contributed by atoms with Crippen LogP contribution < -0.4 is 4.74 Å². The lowest BCUT2D eigenvalue weighted by Gasteiger charge is -2.52. The zero-order valence-corrected chi connectivity index (χ0v) is 20.5. The van der Waals surface area contributed by atoms with Gasteiger partial charge < -0.3 is 19.8 Å². The van der Waals surface area contributed by atoms with Gasteiger partial charge in [-0.05, 0) is 67.0 Å². The molecule has 1 aliphatic heterocycles. The number of hydrogen-bond acceptors (Lipinski definition) is 4. The summed E-state index contributed by atoms with van der Waals surface area (Å²) in [6, 6.07) is 13.3. The maximum absolute atomic E-state index is 13.5. The molecule has 2 N–H and O–H groups in total. The van der Waals surface area contributed by atoms with Crippen LogP contribution in [0.15, 0.2) is 48.5 Å². The Labute approximate surface area is 203 Å². The van der Waals surface area contributed by atoms with Gasteiger partial charge in [0.1, 0.15) is 0 Å². The number of piperidine rings is 1. The lowest BCUT2D eigenvalue weighted by molar-refractivity contribution is -0.150. The van der Waals surface area contributed by atoms with Gasteiger partial charge in [-0.1, -0.05) is 57.0 Å². The number of nitrogens with zero attached hydrogens (tertiary/aromatic N) is 1. The fraction of sp³-hybridized carbons (Fsp3) is 0.483. The monoisotopic (exact) mass is 463 g/mol. The van der Waals surface area contributed by atoms with E-state index in [-0.39, 0.29) is 23.6 Å². The lowest BCUT2D eigenvalue weighted by Crippen LogP contribution is -2.56. The van der Waals surface area contributed by atoms with Gasteiger partial charge in [-0.15, -0.1) is 0 Å². The predicted molar refractivity (Wildman–Crippen MR) is 135 cm³/mol. The van der Waals surface area contributed by atoms with Gasteiger partial charge in [0.15, 0.2) is 11.5 Å². The number of aliphatic hydroxyl groups is 1. The average Bonchev–Trinajstić information content (AvgIpc) is 2.83. The Bertz CT molecular complexity index is 1030. The first-order valence-electron chi connectivity index (χ1n) is 12.6. The number of carbonyl (C=O) groups excluding carboxylic acids is 1. The molecule has 1 amide bonds. The number of amides is 1. The van der Waals surface area contributed by atoms with E-state index in [1.165, 1.54) is 5.56 Å². The van der Waals surface area contributed by atoms with Crippen LogP contribution in [0.4, 0.5) is 0 Å². The van der Waals surface area contributed by atoms with Crippen LogP contribution in [0.3, 0.4) is 0 Å². The molecule has 2 aromatic carbocycles. The number of likely N-dealkylation sites (tertiary alicyclic amines) is 1. The van der Waals surface area contributed by atoms with Crippen LogP contribution in [0.5, 0.6) is 11.5 Å². The fourth-order valence-corrected chi connectivity index (χ4v) is 5.58. The number of fused-ring (bicyclic) bond motifs is 1. The van der Waals surface area contributed by atoms with Crippen LogP contribution in [0.1, 0.15) is 81.5 Å². The quantitative estimate of drug-likeness (QED) is 0.530. The molecular formula is C29H37NO4. The molecule has 1 saturated carbocycles. The largest absolute Gasteiger partial charge is 0.504 e. The second-order valence-corrected chi connectivity index (χ2v) is 10.00. The summed E-state index contributed by atoms with van der Waals surface area (Å²) in [6.07, 6.45) is 7.80. The van der Waals surface area contributed by atoms with Gasteiger partial charge in [0.25, 0.3) is 0 Å². The Balaban J connectivity index is 1.64. The molecule has 0 unspecified atom stereocenters. The van der Waals surface area contributed by atoms with Gasteiger partial charge in [0, 0.05) is 18.5 Å². The van der Waals surface area contributed by atoms with Crippen LogP contribution in [-0.4, -0.2) is 39.8 Å². The molecule has 5 heteroatoms. The number of phenolic OH excluding ortho intramolecular Hbond substituents is 1. The third-order valence-corrected chi connectivity index (χ3v) is 7.50.